The normalized spacial score (nSPS) is 23.8. The first-order chi connectivity index (χ1) is 9.07. The number of likely N-dealkylation sites (tertiary alicyclic amines) is 1. The lowest BCUT2D eigenvalue weighted by atomic mass is 9.92. The molecule has 1 aromatic heterocycles. The zero-order valence-corrected chi connectivity index (χ0v) is 11.9. The van der Waals surface area contributed by atoms with E-state index in [1.54, 1.807) is 0 Å². The van der Waals surface area contributed by atoms with Crippen LogP contribution in [0.3, 0.4) is 0 Å². The molecular weight excluding hydrogens is 262 g/mol. The van der Waals surface area contributed by atoms with Crippen LogP contribution in [-0.2, 0) is 9.53 Å². The SMILES string of the molecule is CC1(OCC(=O)O)CN(C(c2cccs2)C2CC2)C1. The zero-order valence-electron chi connectivity index (χ0n) is 11.0. The second kappa shape index (κ2) is 4.89. The average molecular weight is 281 g/mol. The molecule has 1 atom stereocenters. The molecule has 1 aromatic rings. The van der Waals surface area contributed by atoms with Crippen LogP contribution < -0.4 is 0 Å². The van der Waals surface area contributed by atoms with Gasteiger partial charge in [0.25, 0.3) is 0 Å². The highest BCUT2D eigenvalue weighted by atomic mass is 32.1. The fourth-order valence-electron chi connectivity index (χ4n) is 2.92. The van der Waals surface area contributed by atoms with Crippen molar-refractivity contribution in [1.29, 1.82) is 0 Å². The molecular formula is C14H19NO3S. The van der Waals surface area contributed by atoms with Gasteiger partial charge in [-0.05, 0) is 37.1 Å². The van der Waals surface area contributed by atoms with Crippen molar-refractivity contribution in [2.75, 3.05) is 19.7 Å². The van der Waals surface area contributed by atoms with Gasteiger partial charge in [0.2, 0.25) is 0 Å². The number of thiophene rings is 1. The largest absolute Gasteiger partial charge is 0.480 e. The Morgan fingerprint density at radius 3 is 2.89 bits per heavy atom. The Balaban J connectivity index is 1.60. The predicted octanol–water partition coefficient (Wildman–Crippen LogP) is 2.37. The lowest BCUT2D eigenvalue weighted by molar-refractivity contribution is -0.171. The van der Waals surface area contributed by atoms with Crippen molar-refractivity contribution in [2.24, 2.45) is 5.92 Å². The molecule has 4 nitrogen and oxygen atoms in total. The van der Waals surface area contributed by atoms with Crippen LogP contribution in [0.25, 0.3) is 0 Å². The van der Waals surface area contributed by atoms with E-state index in [0.717, 1.165) is 19.0 Å². The van der Waals surface area contributed by atoms with Gasteiger partial charge in [-0.25, -0.2) is 4.79 Å². The maximum Gasteiger partial charge on any atom is 0.329 e. The van der Waals surface area contributed by atoms with Gasteiger partial charge in [-0.3, -0.25) is 4.90 Å². The van der Waals surface area contributed by atoms with E-state index in [9.17, 15) is 4.79 Å². The topological polar surface area (TPSA) is 49.8 Å². The lowest BCUT2D eigenvalue weighted by Gasteiger charge is -2.50. The van der Waals surface area contributed by atoms with E-state index >= 15 is 0 Å². The van der Waals surface area contributed by atoms with Gasteiger partial charge in [-0.1, -0.05) is 6.07 Å². The first-order valence-corrected chi connectivity index (χ1v) is 7.59. The number of carboxylic acids is 1. The molecule has 5 heteroatoms. The number of aliphatic carboxylic acids is 1. The molecule has 1 unspecified atom stereocenters. The number of hydrogen-bond acceptors (Lipinski definition) is 4. The molecule has 1 saturated carbocycles. The van der Waals surface area contributed by atoms with Gasteiger partial charge >= 0.3 is 5.97 Å². The van der Waals surface area contributed by atoms with E-state index in [-0.39, 0.29) is 12.2 Å². The summed E-state index contributed by atoms with van der Waals surface area (Å²) >= 11 is 1.82. The number of carboxylic acid groups (broad SMARTS) is 1. The molecule has 2 heterocycles. The molecule has 0 radical (unpaired) electrons. The Morgan fingerprint density at radius 1 is 1.63 bits per heavy atom. The lowest BCUT2D eigenvalue weighted by Crippen LogP contribution is -2.62. The first-order valence-electron chi connectivity index (χ1n) is 6.71. The van der Waals surface area contributed by atoms with Crippen molar-refractivity contribution in [3.63, 3.8) is 0 Å². The van der Waals surface area contributed by atoms with Crippen LogP contribution >= 0.6 is 11.3 Å². The minimum Gasteiger partial charge on any atom is -0.480 e. The smallest absolute Gasteiger partial charge is 0.329 e. The zero-order chi connectivity index (χ0) is 13.5. The molecule has 19 heavy (non-hydrogen) atoms. The standard InChI is InChI=1S/C14H19NO3S/c1-14(18-7-12(16)17)8-15(9-14)13(10-4-5-10)11-3-2-6-19-11/h2-3,6,10,13H,4-5,7-9H2,1H3,(H,16,17). The number of rotatable bonds is 6. The monoisotopic (exact) mass is 281 g/mol. The van der Waals surface area contributed by atoms with E-state index in [4.69, 9.17) is 9.84 Å². The molecule has 1 aliphatic carbocycles. The average Bonchev–Trinajstić information content (AvgIpc) is 3.00. The third-order valence-corrected chi connectivity index (χ3v) is 4.86. The number of hydrogen-bond donors (Lipinski definition) is 1. The molecule has 1 aliphatic heterocycles. The summed E-state index contributed by atoms with van der Waals surface area (Å²) in [6.07, 6.45) is 2.62. The van der Waals surface area contributed by atoms with Gasteiger partial charge in [0.05, 0.1) is 5.60 Å². The molecule has 0 amide bonds. The summed E-state index contributed by atoms with van der Waals surface area (Å²) < 4.78 is 5.49. The molecule has 1 N–H and O–H groups in total. The molecule has 0 spiro atoms. The highest BCUT2D eigenvalue weighted by molar-refractivity contribution is 7.10. The molecule has 0 aromatic carbocycles. The summed E-state index contributed by atoms with van der Waals surface area (Å²) in [5.74, 6) is -0.112. The number of ether oxygens (including phenoxy) is 1. The summed E-state index contributed by atoms with van der Waals surface area (Å²) in [6, 6.07) is 4.83. The van der Waals surface area contributed by atoms with Crippen LogP contribution in [0.5, 0.6) is 0 Å². The van der Waals surface area contributed by atoms with E-state index in [1.165, 1.54) is 17.7 Å². The van der Waals surface area contributed by atoms with Gasteiger partial charge in [0.1, 0.15) is 6.61 Å². The Labute approximate surface area is 117 Å². The third kappa shape index (κ3) is 2.83. The van der Waals surface area contributed by atoms with E-state index in [0.29, 0.717) is 6.04 Å². The van der Waals surface area contributed by atoms with Crippen LogP contribution in [0, 0.1) is 5.92 Å². The van der Waals surface area contributed by atoms with E-state index in [1.807, 2.05) is 18.3 Å². The fourth-order valence-corrected chi connectivity index (χ4v) is 3.87. The summed E-state index contributed by atoms with van der Waals surface area (Å²) in [7, 11) is 0. The van der Waals surface area contributed by atoms with Crippen molar-refractivity contribution in [1.82, 2.24) is 4.90 Å². The quantitative estimate of drug-likeness (QED) is 0.869. The van der Waals surface area contributed by atoms with Crippen molar-refractivity contribution < 1.29 is 14.6 Å². The third-order valence-electron chi connectivity index (χ3n) is 3.92. The van der Waals surface area contributed by atoms with Gasteiger partial charge < -0.3 is 9.84 Å². The Bertz CT molecular complexity index is 449. The van der Waals surface area contributed by atoms with Crippen molar-refractivity contribution in [3.8, 4) is 0 Å². The summed E-state index contributed by atoms with van der Waals surface area (Å²) in [4.78, 5) is 14.4. The fraction of sp³-hybridized carbons (Fsp3) is 0.643. The predicted molar refractivity (Wildman–Crippen MR) is 73.3 cm³/mol. The Hall–Kier alpha value is -0.910. The highest BCUT2D eigenvalue weighted by Crippen LogP contribution is 2.48. The van der Waals surface area contributed by atoms with Crippen LogP contribution in [-0.4, -0.2) is 41.3 Å². The van der Waals surface area contributed by atoms with E-state index in [2.05, 4.69) is 22.4 Å². The Morgan fingerprint density at radius 2 is 2.37 bits per heavy atom. The van der Waals surface area contributed by atoms with Crippen LogP contribution in [0.1, 0.15) is 30.7 Å². The van der Waals surface area contributed by atoms with E-state index < -0.39 is 5.97 Å². The van der Waals surface area contributed by atoms with Gasteiger partial charge in [0, 0.05) is 24.0 Å². The van der Waals surface area contributed by atoms with Gasteiger partial charge in [-0.15, -0.1) is 11.3 Å². The molecule has 104 valence electrons. The van der Waals surface area contributed by atoms with Crippen molar-refractivity contribution in [3.05, 3.63) is 22.4 Å². The second-order valence-corrected chi connectivity index (χ2v) is 6.81. The van der Waals surface area contributed by atoms with Crippen LogP contribution in [0.2, 0.25) is 0 Å². The molecule has 2 aliphatic rings. The second-order valence-electron chi connectivity index (χ2n) is 5.83. The van der Waals surface area contributed by atoms with Gasteiger partial charge in [-0.2, -0.15) is 0 Å². The van der Waals surface area contributed by atoms with Crippen molar-refractivity contribution in [2.45, 2.75) is 31.4 Å². The summed E-state index contributed by atoms with van der Waals surface area (Å²) in [6.45, 7) is 3.47. The van der Waals surface area contributed by atoms with Crippen LogP contribution in [0.4, 0.5) is 0 Å². The summed E-state index contributed by atoms with van der Waals surface area (Å²) in [5.41, 5.74) is -0.289. The van der Waals surface area contributed by atoms with Crippen molar-refractivity contribution >= 4 is 17.3 Å². The minimum atomic E-state index is -0.892. The summed E-state index contributed by atoms with van der Waals surface area (Å²) in [5, 5.41) is 10.8. The maximum atomic E-state index is 10.6. The Kier molecular flexibility index (Phi) is 3.37. The molecule has 2 fully saturated rings. The maximum absolute atomic E-state index is 10.6. The minimum absolute atomic E-state index is 0.197. The molecule has 0 bridgehead atoms. The number of nitrogens with zero attached hydrogens (tertiary/aromatic N) is 1. The molecule has 1 saturated heterocycles. The van der Waals surface area contributed by atoms with Crippen LogP contribution in [0.15, 0.2) is 17.5 Å². The molecule has 3 rings (SSSR count). The van der Waals surface area contributed by atoms with Gasteiger partial charge in [0.15, 0.2) is 0 Å². The number of carbonyl (C=O) groups is 1. The highest BCUT2D eigenvalue weighted by Gasteiger charge is 2.48. The first kappa shape index (κ1) is 13.1.